The summed E-state index contributed by atoms with van der Waals surface area (Å²) in [7, 11) is 1.79. The molecule has 104 valence electrons. The van der Waals surface area contributed by atoms with Crippen molar-refractivity contribution < 1.29 is 4.79 Å². The first-order valence-electron chi connectivity index (χ1n) is 6.38. The Morgan fingerprint density at radius 3 is 2.58 bits per heavy atom. The van der Waals surface area contributed by atoms with Gasteiger partial charge >= 0.3 is 0 Å². The second kappa shape index (κ2) is 5.70. The summed E-state index contributed by atoms with van der Waals surface area (Å²) in [5.74, 6) is 0.118. The van der Waals surface area contributed by atoms with Gasteiger partial charge in [-0.05, 0) is 30.5 Å². The lowest BCUT2D eigenvalue weighted by atomic mass is 9.68. The van der Waals surface area contributed by atoms with Gasteiger partial charge in [0.05, 0.1) is 5.41 Å². The third kappa shape index (κ3) is 2.88. The van der Waals surface area contributed by atoms with E-state index in [1.807, 2.05) is 6.07 Å². The number of nitrogens with zero attached hydrogens (tertiary/aromatic N) is 1. The van der Waals surface area contributed by atoms with Crippen LogP contribution >= 0.6 is 23.2 Å². The molecule has 1 aliphatic rings. The summed E-state index contributed by atoms with van der Waals surface area (Å²) in [4.78, 5) is 14.1. The number of amides is 1. The zero-order valence-corrected chi connectivity index (χ0v) is 12.5. The minimum atomic E-state index is -0.340. The molecule has 0 saturated heterocycles. The van der Waals surface area contributed by atoms with Crippen LogP contribution < -0.4 is 5.73 Å². The van der Waals surface area contributed by atoms with E-state index in [1.165, 1.54) is 0 Å². The molecule has 1 fully saturated rings. The van der Waals surface area contributed by atoms with Crippen LogP contribution in [0, 0.1) is 5.41 Å². The van der Waals surface area contributed by atoms with Gasteiger partial charge in [0.2, 0.25) is 5.91 Å². The van der Waals surface area contributed by atoms with Crippen LogP contribution in [-0.2, 0) is 11.3 Å². The van der Waals surface area contributed by atoms with Crippen LogP contribution in [0.4, 0.5) is 0 Å². The Balaban J connectivity index is 2.08. The van der Waals surface area contributed by atoms with Crippen LogP contribution in [0.25, 0.3) is 0 Å². The molecule has 0 aliphatic heterocycles. The lowest BCUT2D eigenvalue weighted by Crippen LogP contribution is -2.50. The maximum atomic E-state index is 12.4. The van der Waals surface area contributed by atoms with Crippen LogP contribution in [0.1, 0.15) is 24.8 Å². The molecular formula is C14H18Cl2N2O. The Hall–Kier alpha value is -0.770. The van der Waals surface area contributed by atoms with Gasteiger partial charge in [0.15, 0.2) is 0 Å². The molecule has 0 bridgehead atoms. The molecule has 1 aromatic carbocycles. The number of halogens is 2. The van der Waals surface area contributed by atoms with E-state index in [9.17, 15) is 4.79 Å². The molecule has 0 heterocycles. The van der Waals surface area contributed by atoms with E-state index < -0.39 is 0 Å². The molecule has 2 N–H and O–H groups in total. The molecule has 1 amide bonds. The Morgan fingerprint density at radius 1 is 1.42 bits per heavy atom. The molecular weight excluding hydrogens is 283 g/mol. The van der Waals surface area contributed by atoms with Crippen LogP contribution in [0.3, 0.4) is 0 Å². The van der Waals surface area contributed by atoms with Crippen molar-refractivity contribution in [2.75, 3.05) is 13.6 Å². The van der Waals surface area contributed by atoms with Gasteiger partial charge in [-0.15, -0.1) is 0 Å². The summed E-state index contributed by atoms with van der Waals surface area (Å²) >= 11 is 12.0. The molecule has 19 heavy (non-hydrogen) atoms. The molecule has 1 aromatic rings. The van der Waals surface area contributed by atoms with Crippen molar-refractivity contribution in [3.63, 3.8) is 0 Å². The number of benzene rings is 1. The quantitative estimate of drug-likeness (QED) is 0.929. The van der Waals surface area contributed by atoms with Crippen LogP contribution in [-0.4, -0.2) is 24.4 Å². The monoisotopic (exact) mass is 300 g/mol. The smallest absolute Gasteiger partial charge is 0.230 e. The number of hydrogen-bond acceptors (Lipinski definition) is 2. The van der Waals surface area contributed by atoms with Gasteiger partial charge in [-0.3, -0.25) is 4.79 Å². The van der Waals surface area contributed by atoms with Gasteiger partial charge in [-0.25, -0.2) is 0 Å². The number of carbonyl (C=O) groups excluding carboxylic acids is 1. The molecule has 5 heteroatoms. The average Bonchev–Trinajstić information content (AvgIpc) is 2.32. The normalized spacial score (nSPS) is 16.8. The summed E-state index contributed by atoms with van der Waals surface area (Å²) < 4.78 is 0. The summed E-state index contributed by atoms with van der Waals surface area (Å²) in [6.45, 7) is 0.904. The Bertz CT molecular complexity index is 481. The minimum Gasteiger partial charge on any atom is -0.341 e. The maximum Gasteiger partial charge on any atom is 0.230 e. The molecule has 1 saturated carbocycles. The third-order valence-electron chi connectivity index (χ3n) is 3.92. The molecule has 1 aliphatic carbocycles. The average molecular weight is 301 g/mol. The number of hydrogen-bond donors (Lipinski definition) is 1. The molecule has 0 radical (unpaired) electrons. The number of carbonyl (C=O) groups is 1. The molecule has 0 atom stereocenters. The summed E-state index contributed by atoms with van der Waals surface area (Å²) in [5, 5.41) is 1.18. The van der Waals surface area contributed by atoms with Crippen molar-refractivity contribution in [1.82, 2.24) is 4.90 Å². The SMILES string of the molecule is CN(Cc1ccc(Cl)cc1Cl)C(=O)C1(CN)CCC1. The zero-order valence-electron chi connectivity index (χ0n) is 11.0. The first-order valence-corrected chi connectivity index (χ1v) is 7.14. The second-order valence-corrected chi connectivity index (χ2v) is 6.08. The van der Waals surface area contributed by atoms with E-state index in [4.69, 9.17) is 28.9 Å². The van der Waals surface area contributed by atoms with E-state index in [-0.39, 0.29) is 11.3 Å². The van der Waals surface area contributed by atoms with E-state index in [2.05, 4.69) is 0 Å². The fourth-order valence-electron chi connectivity index (χ4n) is 2.49. The van der Waals surface area contributed by atoms with Crippen LogP contribution in [0.2, 0.25) is 10.0 Å². The highest BCUT2D eigenvalue weighted by atomic mass is 35.5. The lowest BCUT2D eigenvalue weighted by molar-refractivity contribution is -0.145. The van der Waals surface area contributed by atoms with Crippen molar-refractivity contribution in [2.45, 2.75) is 25.8 Å². The first-order chi connectivity index (χ1) is 8.98. The highest BCUT2D eigenvalue weighted by molar-refractivity contribution is 6.35. The highest BCUT2D eigenvalue weighted by Gasteiger charge is 2.44. The van der Waals surface area contributed by atoms with Gasteiger partial charge in [0, 0.05) is 30.2 Å². The van der Waals surface area contributed by atoms with Crippen molar-refractivity contribution >= 4 is 29.1 Å². The number of nitrogens with two attached hydrogens (primary N) is 1. The third-order valence-corrected chi connectivity index (χ3v) is 4.51. The van der Waals surface area contributed by atoms with Gasteiger partial charge < -0.3 is 10.6 Å². The van der Waals surface area contributed by atoms with Crippen molar-refractivity contribution in [2.24, 2.45) is 11.1 Å². The summed E-state index contributed by atoms with van der Waals surface area (Å²) in [5.41, 5.74) is 6.32. The fourth-order valence-corrected chi connectivity index (χ4v) is 2.96. The number of rotatable bonds is 4. The van der Waals surface area contributed by atoms with Crippen LogP contribution in [0.5, 0.6) is 0 Å². The fraction of sp³-hybridized carbons (Fsp3) is 0.500. The molecule has 0 aromatic heterocycles. The lowest BCUT2D eigenvalue weighted by Gasteiger charge is -2.41. The predicted molar refractivity (Wildman–Crippen MR) is 78.3 cm³/mol. The van der Waals surface area contributed by atoms with Crippen molar-refractivity contribution in [3.8, 4) is 0 Å². The van der Waals surface area contributed by atoms with Crippen molar-refractivity contribution in [3.05, 3.63) is 33.8 Å². The Labute approximate surface area is 123 Å². The van der Waals surface area contributed by atoms with E-state index in [0.29, 0.717) is 23.1 Å². The molecule has 2 rings (SSSR count). The second-order valence-electron chi connectivity index (χ2n) is 5.23. The zero-order chi connectivity index (χ0) is 14.0. The van der Waals surface area contributed by atoms with E-state index >= 15 is 0 Å². The van der Waals surface area contributed by atoms with E-state index in [0.717, 1.165) is 24.8 Å². The minimum absolute atomic E-state index is 0.118. The molecule has 0 spiro atoms. The standard InChI is InChI=1S/C14H18Cl2N2O/c1-18(13(19)14(9-17)5-2-6-14)8-10-3-4-11(15)7-12(10)16/h3-4,7H,2,5-6,8-9,17H2,1H3. The van der Waals surface area contributed by atoms with Gasteiger partial charge in [0.25, 0.3) is 0 Å². The summed E-state index contributed by atoms with van der Waals surface area (Å²) in [6.07, 6.45) is 2.86. The molecule has 0 unspecified atom stereocenters. The maximum absolute atomic E-state index is 12.4. The van der Waals surface area contributed by atoms with Crippen molar-refractivity contribution in [1.29, 1.82) is 0 Å². The highest BCUT2D eigenvalue weighted by Crippen LogP contribution is 2.41. The predicted octanol–water partition coefficient (Wildman–Crippen LogP) is 3.08. The van der Waals surface area contributed by atoms with Gasteiger partial charge in [-0.2, -0.15) is 0 Å². The Kier molecular flexibility index (Phi) is 4.39. The van der Waals surface area contributed by atoms with E-state index in [1.54, 1.807) is 24.1 Å². The van der Waals surface area contributed by atoms with Crippen LogP contribution in [0.15, 0.2) is 18.2 Å². The topological polar surface area (TPSA) is 46.3 Å². The first kappa shape index (κ1) is 14.6. The van der Waals surface area contributed by atoms with Gasteiger partial charge in [-0.1, -0.05) is 35.7 Å². The molecule has 3 nitrogen and oxygen atoms in total. The Morgan fingerprint density at radius 2 is 2.11 bits per heavy atom. The summed E-state index contributed by atoms with van der Waals surface area (Å²) in [6, 6.07) is 5.33. The largest absolute Gasteiger partial charge is 0.341 e. The van der Waals surface area contributed by atoms with Gasteiger partial charge in [0.1, 0.15) is 0 Å².